The number of benzene rings is 9. The van der Waals surface area contributed by atoms with Crippen LogP contribution < -0.4 is 0 Å². The number of hydrogen-bond donors (Lipinski definition) is 0. The molecule has 0 radical (unpaired) electrons. The molecule has 0 unspecified atom stereocenters. The van der Waals surface area contributed by atoms with Crippen LogP contribution in [-0.2, 0) is 10.8 Å². The highest BCUT2D eigenvalue weighted by Gasteiger charge is 2.27. The van der Waals surface area contributed by atoms with Gasteiger partial charge in [-0.2, -0.15) is 0 Å². The molecule has 13 aromatic rings. The number of rotatable bonds is 2. The first-order valence-electron chi connectivity index (χ1n) is 27.3. The van der Waals surface area contributed by atoms with Crippen molar-refractivity contribution in [1.82, 2.24) is 8.80 Å². The van der Waals surface area contributed by atoms with Gasteiger partial charge in [0.25, 0.3) is 0 Å². The normalized spacial score (nSPS) is 16.4. The summed E-state index contributed by atoms with van der Waals surface area (Å²) in [7, 11) is 0. The molecule has 0 aliphatic heterocycles. The summed E-state index contributed by atoms with van der Waals surface area (Å²) in [6.45, 7) is 12.8. The largest absolute Gasteiger partial charge is 0.308 e. The SMILES string of the molecule is [2H]c1c([2H])c([2H])c2c(-c3ccc4c5cc6c(cc5n5c7ccc(C(C)(C)C)cc7c3c45)c3ccc(-c4c([2H])c([2H])c([2H])c5c([2H])c([2H])c([2H])c([2H])c45)c4c5cc(C(C)(C)C)ccc5n6c34)c([2H])c([2H])c([2H])c2c1[2H]. The van der Waals surface area contributed by atoms with Crippen molar-refractivity contribution < 1.29 is 19.2 Å². The molecule has 4 heterocycles. The number of aromatic nitrogens is 2. The highest BCUT2D eigenvalue weighted by Crippen LogP contribution is 2.50. The molecule has 0 bridgehead atoms. The molecule has 0 aliphatic carbocycles. The van der Waals surface area contributed by atoms with Crippen LogP contribution in [0.3, 0.4) is 0 Å². The average Bonchev–Trinajstić information content (AvgIpc) is 4.09. The highest BCUT2D eigenvalue weighted by molar-refractivity contribution is 6.32. The van der Waals surface area contributed by atoms with E-state index in [2.05, 4.69) is 98.9 Å². The van der Waals surface area contributed by atoms with Gasteiger partial charge in [0, 0.05) is 43.1 Å². The Morgan fingerprint density at radius 2 is 0.767 bits per heavy atom. The molecule has 0 aliphatic rings. The van der Waals surface area contributed by atoms with Crippen molar-refractivity contribution in [3.05, 3.63) is 169 Å². The van der Waals surface area contributed by atoms with Crippen molar-refractivity contribution >= 4 is 97.7 Å². The minimum atomic E-state index is -0.511. The molecular weight excluding hydrogens is 725 g/mol. The van der Waals surface area contributed by atoms with Crippen LogP contribution in [0.15, 0.2) is 157 Å². The number of hydrogen-bond acceptors (Lipinski definition) is 0. The lowest BCUT2D eigenvalue weighted by atomic mass is 9.85. The van der Waals surface area contributed by atoms with Crippen molar-refractivity contribution in [2.45, 2.75) is 52.4 Å². The van der Waals surface area contributed by atoms with E-state index in [0.29, 0.717) is 11.1 Å². The Morgan fingerprint density at radius 3 is 1.20 bits per heavy atom. The van der Waals surface area contributed by atoms with Crippen molar-refractivity contribution in [2.24, 2.45) is 0 Å². The van der Waals surface area contributed by atoms with Gasteiger partial charge in [0.05, 0.1) is 52.3 Å². The minimum Gasteiger partial charge on any atom is -0.308 e. The zero-order valence-corrected chi connectivity index (χ0v) is 33.8. The first kappa shape index (κ1) is 23.0. The van der Waals surface area contributed by atoms with E-state index in [1.54, 1.807) is 0 Å². The van der Waals surface area contributed by atoms with E-state index in [1.165, 1.54) is 0 Å². The molecule has 0 atom stereocenters. The molecule has 0 amide bonds. The van der Waals surface area contributed by atoms with Crippen LogP contribution in [0.5, 0.6) is 0 Å². The molecule has 60 heavy (non-hydrogen) atoms. The maximum absolute atomic E-state index is 9.43. The molecule has 4 aromatic heterocycles. The van der Waals surface area contributed by atoms with Gasteiger partial charge in [-0.25, -0.2) is 0 Å². The maximum Gasteiger partial charge on any atom is 0.0629 e. The summed E-state index contributed by atoms with van der Waals surface area (Å²) in [6.07, 6.45) is 0. The Hall–Kier alpha value is -6.90. The smallest absolute Gasteiger partial charge is 0.0629 e. The third kappa shape index (κ3) is 4.38. The van der Waals surface area contributed by atoms with Crippen LogP contribution in [0.1, 0.15) is 71.9 Å². The summed E-state index contributed by atoms with van der Waals surface area (Å²) < 4.78 is 130. The molecule has 0 fully saturated rings. The Morgan fingerprint density at radius 1 is 0.350 bits per heavy atom. The van der Waals surface area contributed by atoms with Gasteiger partial charge in [-0.05, 0) is 102 Å². The fourth-order valence-electron chi connectivity index (χ4n) is 9.99. The van der Waals surface area contributed by atoms with Crippen LogP contribution in [-0.4, -0.2) is 8.80 Å². The van der Waals surface area contributed by atoms with Crippen molar-refractivity contribution in [3.8, 4) is 22.3 Å². The summed E-state index contributed by atoms with van der Waals surface area (Å²) in [6, 6.07) is 18.8. The maximum atomic E-state index is 9.43. The second-order valence-electron chi connectivity index (χ2n) is 18.3. The van der Waals surface area contributed by atoms with E-state index < -0.39 is 60.4 Å². The van der Waals surface area contributed by atoms with Gasteiger partial charge >= 0.3 is 0 Å². The summed E-state index contributed by atoms with van der Waals surface area (Å²) in [4.78, 5) is 0. The van der Waals surface area contributed by atoms with Crippen LogP contribution in [0.25, 0.3) is 120 Å². The minimum absolute atomic E-state index is 0.0224. The molecule has 9 aromatic carbocycles. The summed E-state index contributed by atoms with van der Waals surface area (Å²) in [5.41, 5.74) is 8.05. The van der Waals surface area contributed by atoms with Crippen molar-refractivity contribution in [3.63, 3.8) is 0 Å². The van der Waals surface area contributed by atoms with Crippen LogP contribution in [0, 0.1) is 0 Å². The molecule has 0 N–H and O–H groups in total. The third-order valence-corrected chi connectivity index (χ3v) is 12.9. The standard InChI is InChI=1S/C58H44N2/c1-57(2,3)35-21-27-49-47(29-35)53-41(39-19-11-15-33-13-7-9-17-37(33)39)23-25-43-45-32-52-46(31-51(45)59(49)55(43)53)44-26-24-42(40-20-12-16-34-14-8-10-18-38(34)40)54-48-30-36(58(4,5)6)22-28-50(48)60(52)56(44)54/h7-32H,1-6H3/i7D,8D,9D,10D,11D,12D,13D,14D,15D,16D,17D,18D,19D,20D. The van der Waals surface area contributed by atoms with E-state index in [4.69, 9.17) is 13.7 Å². The van der Waals surface area contributed by atoms with E-state index in [0.717, 1.165) is 87.3 Å². The van der Waals surface area contributed by atoms with Gasteiger partial charge < -0.3 is 8.80 Å². The van der Waals surface area contributed by atoms with Crippen molar-refractivity contribution in [2.75, 3.05) is 0 Å². The van der Waals surface area contributed by atoms with Gasteiger partial charge in [-0.3, -0.25) is 0 Å². The predicted molar refractivity (Wildman–Crippen MR) is 259 cm³/mol. The first-order chi connectivity index (χ1) is 34.9. The summed E-state index contributed by atoms with van der Waals surface area (Å²) >= 11 is 0. The van der Waals surface area contributed by atoms with E-state index in [9.17, 15) is 5.48 Å². The quantitative estimate of drug-likeness (QED) is 0.165. The summed E-state index contributed by atoms with van der Waals surface area (Å²) in [5.74, 6) is 0. The molecule has 286 valence electrons. The molecule has 2 heteroatoms. The molecule has 2 nitrogen and oxygen atoms in total. The average molecular weight is 783 g/mol. The molecule has 0 spiro atoms. The van der Waals surface area contributed by atoms with Gasteiger partial charge in [0.15, 0.2) is 0 Å². The Kier molecular flexibility index (Phi) is 4.39. The molecule has 0 saturated carbocycles. The second kappa shape index (κ2) is 11.4. The Bertz CT molecular complexity index is 4460. The lowest BCUT2D eigenvalue weighted by molar-refractivity contribution is 0.591. The molecule has 0 saturated heterocycles. The van der Waals surface area contributed by atoms with E-state index >= 15 is 0 Å². The van der Waals surface area contributed by atoms with Gasteiger partial charge in [0.2, 0.25) is 0 Å². The van der Waals surface area contributed by atoms with Gasteiger partial charge in [-0.1, -0.05) is 163 Å². The zero-order chi connectivity index (χ0) is 52.6. The van der Waals surface area contributed by atoms with Gasteiger partial charge in [0.1, 0.15) is 0 Å². The summed E-state index contributed by atoms with van der Waals surface area (Å²) in [5, 5.41) is 6.62. The van der Waals surface area contributed by atoms with Crippen LogP contribution >= 0.6 is 0 Å². The fourth-order valence-corrected chi connectivity index (χ4v) is 9.99. The lowest BCUT2D eigenvalue weighted by Gasteiger charge is -2.19. The Labute approximate surface area is 368 Å². The lowest BCUT2D eigenvalue weighted by Crippen LogP contribution is -2.10. The fraction of sp³-hybridized carbons (Fsp3) is 0.138. The predicted octanol–water partition coefficient (Wildman–Crippen LogP) is 16.2. The van der Waals surface area contributed by atoms with E-state index in [1.807, 2.05) is 24.3 Å². The van der Waals surface area contributed by atoms with Crippen LogP contribution in [0.4, 0.5) is 0 Å². The number of fused-ring (bicyclic) bond motifs is 14. The monoisotopic (exact) mass is 782 g/mol. The molecule has 13 rings (SSSR count). The Balaban J connectivity index is 1.21. The van der Waals surface area contributed by atoms with Crippen LogP contribution in [0.2, 0.25) is 0 Å². The second-order valence-corrected chi connectivity index (χ2v) is 18.3. The topological polar surface area (TPSA) is 8.82 Å². The van der Waals surface area contributed by atoms with E-state index in [-0.39, 0.29) is 67.7 Å². The highest BCUT2D eigenvalue weighted by atomic mass is 14.9. The number of nitrogens with zero attached hydrogens (tertiary/aromatic N) is 2. The zero-order valence-electron chi connectivity index (χ0n) is 47.8. The first-order valence-corrected chi connectivity index (χ1v) is 20.3. The van der Waals surface area contributed by atoms with Gasteiger partial charge in [-0.15, -0.1) is 0 Å². The third-order valence-electron chi connectivity index (χ3n) is 12.9. The molecular formula is C58H44N2. The van der Waals surface area contributed by atoms with Crippen molar-refractivity contribution in [1.29, 1.82) is 0 Å².